The van der Waals surface area contributed by atoms with Crippen molar-refractivity contribution in [1.82, 2.24) is 0 Å². The third-order valence-electron chi connectivity index (χ3n) is 3.12. The van der Waals surface area contributed by atoms with Gasteiger partial charge in [-0.1, -0.05) is 29.8 Å². The van der Waals surface area contributed by atoms with Crippen LogP contribution in [0.25, 0.3) is 0 Å². The second-order valence-electron chi connectivity index (χ2n) is 5.18. The molecule has 106 valence electrons. The van der Waals surface area contributed by atoms with E-state index >= 15 is 0 Å². The maximum absolute atomic E-state index is 13.7. The van der Waals surface area contributed by atoms with E-state index in [0.29, 0.717) is 10.6 Å². The first-order chi connectivity index (χ1) is 9.37. The monoisotopic (exact) mass is 296 g/mol. The Hall–Kier alpha value is -1.45. The summed E-state index contributed by atoms with van der Waals surface area (Å²) in [5, 5.41) is 10.7. The van der Waals surface area contributed by atoms with Crippen molar-refractivity contribution in [2.24, 2.45) is 0 Å². The van der Waals surface area contributed by atoms with Crippen molar-refractivity contribution >= 4 is 11.6 Å². The van der Waals surface area contributed by atoms with Crippen molar-refractivity contribution in [3.8, 4) is 0 Å². The lowest BCUT2D eigenvalue weighted by molar-refractivity contribution is 0.0599. The number of halogens is 3. The first kappa shape index (κ1) is 14.9. The maximum atomic E-state index is 13.7. The summed E-state index contributed by atoms with van der Waals surface area (Å²) in [6.45, 7) is 1.61. The van der Waals surface area contributed by atoms with Crippen LogP contribution in [0.1, 0.15) is 18.1 Å². The lowest BCUT2D eigenvalue weighted by atomic mass is 9.89. The van der Waals surface area contributed by atoms with Gasteiger partial charge in [0.1, 0.15) is 11.6 Å². The van der Waals surface area contributed by atoms with Crippen LogP contribution in [0.5, 0.6) is 0 Å². The van der Waals surface area contributed by atoms with Crippen molar-refractivity contribution in [2.75, 3.05) is 0 Å². The van der Waals surface area contributed by atoms with Crippen molar-refractivity contribution in [1.29, 1.82) is 0 Å². The van der Waals surface area contributed by atoms with Crippen LogP contribution >= 0.6 is 11.6 Å². The first-order valence-electron chi connectivity index (χ1n) is 6.27. The van der Waals surface area contributed by atoms with Crippen LogP contribution < -0.4 is 0 Å². The van der Waals surface area contributed by atoms with Crippen molar-refractivity contribution < 1.29 is 13.9 Å². The van der Waals surface area contributed by atoms with Gasteiger partial charge in [-0.05, 0) is 36.8 Å². The van der Waals surface area contributed by atoms with E-state index in [1.807, 2.05) is 0 Å². The van der Waals surface area contributed by atoms with E-state index in [9.17, 15) is 13.9 Å². The largest absolute Gasteiger partial charge is 0.389 e. The second-order valence-corrected chi connectivity index (χ2v) is 5.58. The van der Waals surface area contributed by atoms with E-state index in [0.717, 1.165) is 5.56 Å². The Bertz CT molecular complexity index is 574. The van der Waals surface area contributed by atoms with E-state index in [4.69, 9.17) is 11.6 Å². The van der Waals surface area contributed by atoms with Crippen LogP contribution in [-0.2, 0) is 12.8 Å². The smallest absolute Gasteiger partial charge is 0.127 e. The summed E-state index contributed by atoms with van der Waals surface area (Å²) >= 11 is 5.96. The topological polar surface area (TPSA) is 20.2 Å². The Morgan fingerprint density at radius 3 is 2.30 bits per heavy atom. The predicted octanol–water partition coefficient (Wildman–Crippen LogP) is 4.15. The minimum atomic E-state index is -1.16. The van der Waals surface area contributed by atoms with Crippen molar-refractivity contribution in [2.45, 2.75) is 25.4 Å². The molecule has 4 heteroatoms. The fourth-order valence-electron chi connectivity index (χ4n) is 2.19. The molecule has 20 heavy (non-hydrogen) atoms. The lowest BCUT2D eigenvalue weighted by Crippen LogP contribution is -2.30. The zero-order valence-electron chi connectivity index (χ0n) is 11.0. The zero-order valence-corrected chi connectivity index (χ0v) is 11.8. The molecule has 0 aliphatic heterocycles. The van der Waals surface area contributed by atoms with Crippen LogP contribution in [0.15, 0.2) is 42.5 Å². The fraction of sp³-hybridized carbons (Fsp3) is 0.250. The molecule has 0 aliphatic rings. The Labute approximate surface area is 121 Å². The quantitative estimate of drug-likeness (QED) is 0.898. The van der Waals surface area contributed by atoms with Gasteiger partial charge in [0.05, 0.1) is 5.60 Å². The zero-order chi connectivity index (χ0) is 14.8. The Balaban J connectivity index is 2.16. The molecule has 0 aliphatic carbocycles. The van der Waals surface area contributed by atoms with Crippen molar-refractivity contribution in [3.63, 3.8) is 0 Å². The second kappa shape index (κ2) is 5.90. The summed E-state index contributed by atoms with van der Waals surface area (Å²) < 4.78 is 26.6. The molecule has 0 spiro atoms. The van der Waals surface area contributed by atoms with Gasteiger partial charge in [0.2, 0.25) is 0 Å². The van der Waals surface area contributed by atoms with Crippen LogP contribution in [0.2, 0.25) is 5.02 Å². The van der Waals surface area contributed by atoms with Gasteiger partial charge in [-0.15, -0.1) is 0 Å². The maximum Gasteiger partial charge on any atom is 0.127 e. The Morgan fingerprint density at radius 1 is 1.05 bits per heavy atom. The summed E-state index contributed by atoms with van der Waals surface area (Å²) in [6.07, 6.45) is 0.383. The molecule has 0 saturated heterocycles. The minimum absolute atomic E-state index is 0.0931. The minimum Gasteiger partial charge on any atom is -0.389 e. The number of hydrogen-bond donors (Lipinski definition) is 1. The molecule has 0 heterocycles. The highest BCUT2D eigenvalue weighted by molar-refractivity contribution is 6.31. The highest BCUT2D eigenvalue weighted by atomic mass is 35.5. The van der Waals surface area contributed by atoms with E-state index in [1.165, 1.54) is 24.3 Å². The van der Waals surface area contributed by atoms with Crippen LogP contribution in [0.3, 0.4) is 0 Å². The molecule has 2 rings (SSSR count). The summed E-state index contributed by atoms with van der Waals surface area (Å²) in [5.41, 5.74) is -0.0888. The molecule has 1 nitrogen and oxygen atoms in total. The summed E-state index contributed by atoms with van der Waals surface area (Å²) in [5.74, 6) is -0.762. The third-order valence-corrected chi connectivity index (χ3v) is 3.47. The highest BCUT2D eigenvalue weighted by Gasteiger charge is 2.24. The van der Waals surface area contributed by atoms with Gasteiger partial charge in [-0.2, -0.15) is 0 Å². The SMILES string of the molecule is CC(O)(Cc1ccc(F)cc1)Cc1c(F)cccc1Cl. The molecule has 1 atom stereocenters. The van der Waals surface area contributed by atoms with E-state index in [2.05, 4.69) is 0 Å². The predicted molar refractivity (Wildman–Crippen MR) is 75.8 cm³/mol. The molecule has 1 unspecified atom stereocenters. The van der Waals surface area contributed by atoms with Gasteiger partial charge >= 0.3 is 0 Å². The molecular weight excluding hydrogens is 282 g/mol. The summed E-state index contributed by atoms with van der Waals surface area (Å²) in [6, 6.07) is 10.3. The van der Waals surface area contributed by atoms with Gasteiger partial charge in [0, 0.05) is 23.4 Å². The average Bonchev–Trinajstić information content (AvgIpc) is 2.37. The Kier molecular flexibility index (Phi) is 4.41. The lowest BCUT2D eigenvalue weighted by Gasteiger charge is -2.24. The van der Waals surface area contributed by atoms with Crippen LogP contribution in [0.4, 0.5) is 8.78 Å². The molecule has 2 aromatic carbocycles. The molecule has 2 aromatic rings. The summed E-state index contributed by atoms with van der Waals surface area (Å²) in [4.78, 5) is 0. The highest BCUT2D eigenvalue weighted by Crippen LogP contribution is 2.26. The number of rotatable bonds is 4. The van der Waals surface area contributed by atoms with Gasteiger partial charge in [-0.3, -0.25) is 0 Å². The number of hydrogen-bond acceptors (Lipinski definition) is 1. The first-order valence-corrected chi connectivity index (χ1v) is 6.65. The molecular formula is C16H15ClF2O. The number of aliphatic hydroxyl groups is 1. The molecule has 0 aromatic heterocycles. The van der Waals surface area contributed by atoms with Gasteiger partial charge in [-0.25, -0.2) is 8.78 Å². The molecule has 0 bridgehead atoms. The van der Waals surface area contributed by atoms with E-state index in [1.54, 1.807) is 25.1 Å². The fourth-order valence-corrected chi connectivity index (χ4v) is 2.42. The van der Waals surface area contributed by atoms with Crippen LogP contribution in [-0.4, -0.2) is 10.7 Å². The van der Waals surface area contributed by atoms with Gasteiger partial charge < -0.3 is 5.11 Å². The molecule has 0 radical (unpaired) electrons. The van der Waals surface area contributed by atoms with Crippen molar-refractivity contribution in [3.05, 3.63) is 70.2 Å². The Morgan fingerprint density at radius 2 is 1.70 bits per heavy atom. The average molecular weight is 297 g/mol. The third kappa shape index (κ3) is 3.78. The molecule has 0 fully saturated rings. The molecule has 0 saturated carbocycles. The normalized spacial score (nSPS) is 14.1. The van der Waals surface area contributed by atoms with Crippen LogP contribution in [0, 0.1) is 11.6 Å². The van der Waals surface area contributed by atoms with Gasteiger partial charge in [0.15, 0.2) is 0 Å². The van der Waals surface area contributed by atoms with Gasteiger partial charge in [0.25, 0.3) is 0 Å². The number of benzene rings is 2. The molecule has 0 amide bonds. The summed E-state index contributed by atoms with van der Waals surface area (Å²) in [7, 11) is 0. The van der Waals surface area contributed by atoms with E-state index < -0.39 is 11.4 Å². The molecule has 1 N–H and O–H groups in total. The standard InChI is InChI=1S/C16H15ClF2O/c1-16(20,9-11-5-7-12(18)8-6-11)10-13-14(17)3-2-4-15(13)19/h2-8,20H,9-10H2,1H3. The van der Waals surface area contributed by atoms with E-state index in [-0.39, 0.29) is 18.7 Å².